The Morgan fingerprint density at radius 2 is 2.00 bits per heavy atom. The molecule has 0 aliphatic rings. The molecule has 1 aromatic carbocycles. The number of thiol groups is 1. The van der Waals surface area contributed by atoms with Gasteiger partial charge in [-0.15, -0.1) is 0 Å². The third kappa shape index (κ3) is 3.22. The van der Waals surface area contributed by atoms with Gasteiger partial charge in [0.25, 0.3) is 0 Å². The molecule has 0 aromatic heterocycles. The van der Waals surface area contributed by atoms with E-state index in [2.05, 4.69) is 12.6 Å². The summed E-state index contributed by atoms with van der Waals surface area (Å²) in [5.41, 5.74) is 0.673. The van der Waals surface area contributed by atoms with Crippen LogP contribution in [0.25, 0.3) is 0 Å². The highest BCUT2D eigenvalue weighted by Crippen LogP contribution is 2.17. The average molecular weight is 213 g/mol. The van der Waals surface area contributed by atoms with Crippen LogP contribution in [0, 0.1) is 5.82 Å². The van der Waals surface area contributed by atoms with Crippen molar-refractivity contribution in [2.24, 2.45) is 0 Å². The number of anilines is 1. The lowest BCUT2D eigenvalue weighted by Crippen LogP contribution is -2.19. The minimum absolute atomic E-state index is 0.152. The van der Waals surface area contributed by atoms with Crippen molar-refractivity contribution in [1.82, 2.24) is 0 Å². The van der Waals surface area contributed by atoms with Crippen LogP contribution in [0.3, 0.4) is 0 Å². The van der Waals surface area contributed by atoms with Gasteiger partial charge in [0, 0.05) is 13.6 Å². The van der Waals surface area contributed by atoms with Crippen molar-refractivity contribution in [3.8, 4) is 0 Å². The first-order chi connectivity index (χ1) is 6.75. The normalized spacial score (nSPS) is 10.2. The van der Waals surface area contributed by atoms with Crippen molar-refractivity contribution in [1.29, 1.82) is 0 Å². The second kappa shape index (κ2) is 5.91. The molecule has 14 heavy (non-hydrogen) atoms. The quantitative estimate of drug-likeness (QED) is 0.581. The van der Waals surface area contributed by atoms with Crippen LogP contribution in [0.5, 0.6) is 0 Å². The van der Waals surface area contributed by atoms with Gasteiger partial charge in [-0.05, 0) is 30.7 Å². The summed E-state index contributed by atoms with van der Waals surface area (Å²) in [6.07, 6.45) is 2.12. The highest BCUT2D eigenvalue weighted by Gasteiger charge is 2.04. The first kappa shape index (κ1) is 11.4. The minimum atomic E-state index is -0.152. The molecule has 0 heterocycles. The number of rotatable bonds is 5. The van der Waals surface area contributed by atoms with Crippen LogP contribution < -0.4 is 4.90 Å². The van der Waals surface area contributed by atoms with E-state index in [-0.39, 0.29) is 5.82 Å². The van der Waals surface area contributed by atoms with E-state index < -0.39 is 0 Å². The Morgan fingerprint density at radius 3 is 2.64 bits per heavy atom. The second-order valence-electron chi connectivity index (χ2n) is 3.30. The van der Waals surface area contributed by atoms with E-state index in [1.54, 1.807) is 12.1 Å². The van der Waals surface area contributed by atoms with Crippen molar-refractivity contribution in [3.63, 3.8) is 0 Å². The largest absolute Gasteiger partial charge is 0.372 e. The highest BCUT2D eigenvalue weighted by atomic mass is 32.1. The summed E-state index contributed by atoms with van der Waals surface area (Å²) < 4.78 is 13.3. The van der Waals surface area contributed by atoms with Crippen molar-refractivity contribution in [3.05, 3.63) is 30.1 Å². The molecule has 1 aromatic rings. The van der Waals surface area contributed by atoms with E-state index >= 15 is 0 Å². The summed E-state index contributed by atoms with van der Waals surface area (Å²) in [5, 5.41) is 0. The first-order valence-corrected chi connectivity index (χ1v) is 5.45. The summed E-state index contributed by atoms with van der Waals surface area (Å²) in [6, 6.07) is 6.86. The fourth-order valence-electron chi connectivity index (χ4n) is 1.34. The molecule has 0 saturated heterocycles. The van der Waals surface area contributed by atoms with Crippen molar-refractivity contribution in [2.75, 3.05) is 24.2 Å². The van der Waals surface area contributed by atoms with Gasteiger partial charge in [-0.1, -0.05) is 12.1 Å². The van der Waals surface area contributed by atoms with E-state index in [1.165, 1.54) is 6.07 Å². The average Bonchev–Trinajstić information content (AvgIpc) is 2.18. The van der Waals surface area contributed by atoms with Crippen LogP contribution in [-0.2, 0) is 0 Å². The predicted octanol–water partition coefficient (Wildman–Crippen LogP) is 2.97. The molecule has 0 atom stereocenters. The van der Waals surface area contributed by atoms with Gasteiger partial charge in [-0.3, -0.25) is 0 Å². The smallest absolute Gasteiger partial charge is 0.146 e. The van der Waals surface area contributed by atoms with Crippen LogP contribution in [0.2, 0.25) is 0 Å². The Hall–Kier alpha value is -0.700. The zero-order valence-corrected chi connectivity index (χ0v) is 9.30. The third-order valence-corrected chi connectivity index (χ3v) is 2.48. The topological polar surface area (TPSA) is 3.24 Å². The molecule has 0 spiro atoms. The first-order valence-electron chi connectivity index (χ1n) is 4.82. The van der Waals surface area contributed by atoms with Crippen LogP contribution in [0.1, 0.15) is 12.8 Å². The molecule has 0 bridgehead atoms. The lowest BCUT2D eigenvalue weighted by atomic mass is 10.2. The zero-order valence-electron chi connectivity index (χ0n) is 8.41. The summed E-state index contributed by atoms with van der Waals surface area (Å²) in [7, 11) is 1.91. The standard InChI is InChI=1S/C11H16FNS/c1-13(8-4-5-9-14)11-7-3-2-6-10(11)12/h2-3,6-7,14H,4-5,8-9H2,1H3. The van der Waals surface area contributed by atoms with Gasteiger partial charge in [-0.25, -0.2) is 4.39 Å². The molecule has 1 rings (SSSR count). The molecule has 0 radical (unpaired) electrons. The van der Waals surface area contributed by atoms with Gasteiger partial charge in [0.1, 0.15) is 5.82 Å². The van der Waals surface area contributed by atoms with E-state index in [1.807, 2.05) is 18.0 Å². The maximum Gasteiger partial charge on any atom is 0.146 e. The SMILES string of the molecule is CN(CCCCS)c1ccccc1F. The van der Waals surface area contributed by atoms with Crippen LogP contribution in [0.4, 0.5) is 10.1 Å². The van der Waals surface area contributed by atoms with Crippen molar-refractivity contribution in [2.45, 2.75) is 12.8 Å². The lowest BCUT2D eigenvalue weighted by molar-refractivity contribution is 0.620. The Kier molecular flexibility index (Phi) is 4.80. The molecule has 78 valence electrons. The summed E-state index contributed by atoms with van der Waals surface area (Å²) in [5.74, 6) is 0.742. The number of hydrogen-bond acceptors (Lipinski definition) is 2. The number of para-hydroxylation sites is 1. The molecule has 0 amide bonds. The maximum absolute atomic E-state index is 13.3. The van der Waals surface area contributed by atoms with E-state index in [0.29, 0.717) is 5.69 Å². The van der Waals surface area contributed by atoms with Gasteiger partial charge in [0.2, 0.25) is 0 Å². The van der Waals surface area contributed by atoms with E-state index in [4.69, 9.17) is 0 Å². The molecule has 0 N–H and O–H groups in total. The third-order valence-electron chi connectivity index (χ3n) is 2.17. The monoisotopic (exact) mass is 213 g/mol. The Balaban J connectivity index is 2.51. The number of hydrogen-bond donors (Lipinski definition) is 1. The molecule has 3 heteroatoms. The molecule has 0 aliphatic heterocycles. The van der Waals surface area contributed by atoms with Gasteiger partial charge in [-0.2, -0.15) is 12.6 Å². The van der Waals surface area contributed by atoms with Gasteiger partial charge >= 0.3 is 0 Å². The minimum Gasteiger partial charge on any atom is -0.372 e. The Bertz CT molecular complexity index is 278. The van der Waals surface area contributed by atoms with Crippen molar-refractivity contribution >= 4 is 18.3 Å². The molecular weight excluding hydrogens is 197 g/mol. The summed E-state index contributed by atoms with van der Waals surface area (Å²) >= 11 is 4.14. The summed E-state index contributed by atoms with van der Waals surface area (Å²) in [4.78, 5) is 1.94. The number of unbranched alkanes of at least 4 members (excludes halogenated alkanes) is 1. The molecule has 0 fully saturated rings. The second-order valence-corrected chi connectivity index (χ2v) is 3.75. The predicted molar refractivity (Wildman–Crippen MR) is 62.8 cm³/mol. The van der Waals surface area contributed by atoms with Crippen LogP contribution >= 0.6 is 12.6 Å². The molecule has 1 nitrogen and oxygen atoms in total. The van der Waals surface area contributed by atoms with E-state index in [0.717, 1.165) is 25.1 Å². The maximum atomic E-state index is 13.3. The Labute approximate surface area is 90.3 Å². The fraction of sp³-hybridized carbons (Fsp3) is 0.455. The number of benzene rings is 1. The van der Waals surface area contributed by atoms with Crippen molar-refractivity contribution < 1.29 is 4.39 Å². The molecular formula is C11H16FNS. The van der Waals surface area contributed by atoms with Gasteiger partial charge in [0.15, 0.2) is 0 Å². The summed E-state index contributed by atoms with van der Waals surface area (Å²) in [6.45, 7) is 0.876. The van der Waals surface area contributed by atoms with Crippen LogP contribution in [0.15, 0.2) is 24.3 Å². The van der Waals surface area contributed by atoms with Gasteiger partial charge in [0.05, 0.1) is 5.69 Å². The number of nitrogens with zero attached hydrogens (tertiary/aromatic N) is 1. The Morgan fingerprint density at radius 1 is 1.29 bits per heavy atom. The molecule has 0 aliphatic carbocycles. The van der Waals surface area contributed by atoms with E-state index in [9.17, 15) is 4.39 Å². The van der Waals surface area contributed by atoms with Crippen LogP contribution in [-0.4, -0.2) is 19.3 Å². The number of halogens is 1. The fourth-order valence-corrected chi connectivity index (χ4v) is 1.57. The zero-order chi connectivity index (χ0) is 10.4. The highest BCUT2D eigenvalue weighted by molar-refractivity contribution is 7.80. The molecule has 0 unspecified atom stereocenters. The lowest BCUT2D eigenvalue weighted by Gasteiger charge is -2.19. The molecule has 0 saturated carbocycles. The van der Waals surface area contributed by atoms with Gasteiger partial charge < -0.3 is 4.90 Å².